The van der Waals surface area contributed by atoms with Crippen LogP contribution in [0.3, 0.4) is 0 Å². The van der Waals surface area contributed by atoms with Crippen molar-refractivity contribution in [3.8, 4) is 5.88 Å². The van der Waals surface area contributed by atoms with E-state index in [9.17, 15) is 5.11 Å². The summed E-state index contributed by atoms with van der Waals surface area (Å²) in [5.74, 6) is 1.55. The van der Waals surface area contributed by atoms with Gasteiger partial charge in [-0.25, -0.2) is 4.98 Å². The first-order valence-corrected chi connectivity index (χ1v) is 6.20. The van der Waals surface area contributed by atoms with Crippen molar-refractivity contribution < 1.29 is 9.84 Å². The quantitative estimate of drug-likeness (QED) is 0.827. The minimum Gasteiger partial charge on any atom is -0.481 e. The normalized spacial score (nSPS) is 14.7. The first kappa shape index (κ1) is 14.0. The summed E-state index contributed by atoms with van der Waals surface area (Å²) in [6.45, 7) is 6.46. The van der Waals surface area contributed by atoms with E-state index in [1.165, 1.54) is 0 Å². The molecule has 0 aromatic carbocycles. The van der Waals surface area contributed by atoms with E-state index in [-0.39, 0.29) is 6.10 Å². The molecule has 96 valence electrons. The Bertz CT molecular complexity index is 321. The van der Waals surface area contributed by atoms with Gasteiger partial charge in [-0.1, -0.05) is 26.8 Å². The summed E-state index contributed by atoms with van der Waals surface area (Å²) in [5.41, 5.74) is 1.05. The maximum atomic E-state index is 10.1. The van der Waals surface area contributed by atoms with Crippen LogP contribution < -0.4 is 4.74 Å². The zero-order chi connectivity index (χ0) is 12.8. The van der Waals surface area contributed by atoms with E-state index in [1.807, 2.05) is 12.1 Å². The molecule has 2 atom stereocenters. The van der Waals surface area contributed by atoms with E-state index in [1.54, 1.807) is 13.3 Å². The molecule has 0 amide bonds. The molecule has 0 bridgehead atoms. The Morgan fingerprint density at radius 1 is 1.29 bits per heavy atom. The highest BCUT2D eigenvalue weighted by Crippen LogP contribution is 2.18. The largest absolute Gasteiger partial charge is 0.481 e. The number of nitrogens with zero attached hydrogens (tertiary/aromatic N) is 1. The highest BCUT2D eigenvalue weighted by molar-refractivity contribution is 5.18. The second-order valence-electron chi connectivity index (χ2n) is 5.09. The van der Waals surface area contributed by atoms with Crippen molar-refractivity contribution in [1.82, 2.24) is 4.98 Å². The van der Waals surface area contributed by atoms with Crippen molar-refractivity contribution >= 4 is 0 Å². The van der Waals surface area contributed by atoms with Gasteiger partial charge in [0.25, 0.3) is 0 Å². The lowest BCUT2D eigenvalue weighted by atomic mass is 9.91. The van der Waals surface area contributed by atoms with Crippen LogP contribution in [0.4, 0.5) is 0 Å². The summed E-state index contributed by atoms with van der Waals surface area (Å²) in [6.07, 6.45) is 3.17. The van der Waals surface area contributed by atoms with Crippen LogP contribution in [0.1, 0.15) is 32.8 Å². The molecule has 0 aliphatic rings. The maximum absolute atomic E-state index is 10.1. The lowest BCUT2D eigenvalue weighted by Gasteiger charge is -2.20. The van der Waals surface area contributed by atoms with Gasteiger partial charge in [-0.2, -0.15) is 0 Å². The third-order valence-electron chi connectivity index (χ3n) is 2.95. The fourth-order valence-corrected chi connectivity index (χ4v) is 2.00. The van der Waals surface area contributed by atoms with Gasteiger partial charge in [0.15, 0.2) is 0 Å². The smallest absolute Gasteiger partial charge is 0.212 e. The van der Waals surface area contributed by atoms with Crippen molar-refractivity contribution in [1.29, 1.82) is 0 Å². The van der Waals surface area contributed by atoms with Gasteiger partial charge in [-0.05, 0) is 23.8 Å². The predicted octanol–water partition coefficient (Wildman–Crippen LogP) is 2.68. The van der Waals surface area contributed by atoms with E-state index in [0.29, 0.717) is 24.1 Å². The first-order chi connectivity index (χ1) is 8.02. The molecule has 3 nitrogen and oxygen atoms in total. The standard InChI is InChI=1S/C14H23NO2/c1-10(2)7-11(3)13(16)8-12-5-6-14(17-4)15-9-12/h5-6,9-11,13,16H,7-8H2,1-4H3. The van der Waals surface area contributed by atoms with Gasteiger partial charge in [-0.3, -0.25) is 0 Å². The van der Waals surface area contributed by atoms with Gasteiger partial charge in [0.05, 0.1) is 13.2 Å². The average molecular weight is 237 g/mol. The number of hydrogen-bond acceptors (Lipinski definition) is 3. The van der Waals surface area contributed by atoms with Gasteiger partial charge in [0.1, 0.15) is 0 Å². The molecule has 1 aromatic heterocycles. The Labute approximate surface area is 104 Å². The molecule has 0 spiro atoms. The Morgan fingerprint density at radius 2 is 2.00 bits per heavy atom. The number of ether oxygens (including phenoxy) is 1. The SMILES string of the molecule is COc1ccc(CC(O)C(C)CC(C)C)cn1. The van der Waals surface area contributed by atoms with Crippen molar-refractivity contribution in [2.24, 2.45) is 11.8 Å². The van der Waals surface area contributed by atoms with Crippen LogP contribution in [0, 0.1) is 11.8 Å². The van der Waals surface area contributed by atoms with E-state index >= 15 is 0 Å². The van der Waals surface area contributed by atoms with E-state index < -0.39 is 0 Å². The minimum absolute atomic E-state index is 0.299. The highest BCUT2D eigenvalue weighted by atomic mass is 16.5. The van der Waals surface area contributed by atoms with Crippen LogP contribution in [-0.2, 0) is 6.42 Å². The van der Waals surface area contributed by atoms with Crippen molar-refractivity contribution in [3.63, 3.8) is 0 Å². The monoisotopic (exact) mass is 237 g/mol. The number of hydrogen-bond donors (Lipinski definition) is 1. The molecule has 0 aliphatic heterocycles. The van der Waals surface area contributed by atoms with E-state index in [2.05, 4.69) is 25.8 Å². The average Bonchev–Trinajstić information content (AvgIpc) is 2.29. The van der Waals surface area contributed by atoms with Crippen LogP contribution in [0.15, 0.2) is 18.3 Å². The number of methoxy groups -OCH3 is 1. The zero-order valence-electron chi connectivity index (χ0n) is 11.2. The van der Waals surface area contributed by atoms with Gasteiger partial charge in [0, 0.05) is 18.7 Å². The molecule has 1 N–H and O–H groups in total. The summed E-state index contributed by atoms with van der Waals surface area (Å²) in [5, 5.41) is 10.1. The van der Waals surface area contributed by atoms with Crippen LogP contribution in [0.2, 0.25) is 0 Å². The number of aromatic nitrogens is 1. The van der Waals surface area contributed by atoms with E-state index in [4.69, 9.17) is 4.74 Å². The number of aliphatic hydroxyl groups excluding tert-OH is 1. The molecule has 1 aromatic rings. The van der Waals surface area contributed by atoms with Gasteiger partial charge in [0.2, 0.25) is 5.88 Å². The predicted molar refractivity (Wildman–Crippen MR) is 69.1 cm³/mol. The lowest BCUT2D eigenvalue weighted by molar-refractivity contribution is 0.105. The number of pyridine rings is 1. The highest BCUT2D eigenvalue weighted by Gasteiger charge is 2.16. The van der Waals surface area contributed by atoms with E-state index in [0.717, 1.165) is 12.0 Å². The third-order valence-corrected chi connectivity index (χ3v) is 2.95. The first-order valence-electron chi connectivity index (χ1n) is 6.20. The molecule has 0 aliphatic carbocycles. The number of rotatable bonds is 6. The zero-order valence-corrected chi connectivity index (χ0v) is 11.2. The molecule has 0 radical (unpaired) electrons. The third kappa shape index (κ3) is 4.73. The second-order valence-corrected chi connectivity index (χ2v) is 5.09. The Balaban J connectivity index is 2.51. The van der Waals surface area contributed by atoms with Crippen LogP contribution in [0.25, 0.3) is 0 Å². The lowest BCUT2D eigenvalue weighted by Crippen LogP contribution is -2.21. The molecule has 0 saturated carbocycles. The topological polar surface area (TPSA) is 42.4 Å². The second kappa shape index (κ2) is 6.60. The summed E-state index contributed by atoms with van der Waals surface area (Å²) >= 11 is 0. The Morgan fingerprint density at radius 3 is 2.47 bits per heavy atom. The molecule has 0 fully saturated rings. The molecule has 1 heterocycles. The maximum Gasteiger partial charge on any atom is 0.212 e. The van der Waals surface area contributed by atoms with Crippen molar-refractivity contribution in [2.75, 3.05) is 7.11 Å². The summed E-state index contributed by atoms with van der Waals surface area (Å²) in [7, 11) is 1.60. The van der Waals surface area contributed by atoms with Crippen LogP contribution in [0.5, 0.6) is 5.88 Å². The molecular formula is C14H23NO2. The fraction of sp³-hybridized carbons (Fsp3) is 0.643. The summed E-state index contributed by atoms with van der Waals surface area (Å²) < 4.78 is 5.00. The van der Waals surface area contributed by atoms with Crippen molar-refractivity contribution in [3.05, 3.63) is 23.9 Å². The van der Waals surface area contributed by atoms with Gasteiger partial charge >= 0.3 is 0 Å². The molecule has 0 saturated heterocycles. The fourth-order valence-electron chi connectivity index (χ4n) is 2.00. The Hall–Kier alpha value is -1.09. The van der Waals surface area contributed by atoms with Gasteiger partial charge < -0.3 is 9.84 Å². The minimum atomic E-state index is -0.299. The van der Waals surface area contributed by atoms with Crippen molar-refractivity contribution in [2.45, 2.75) is 39.7 Å². The Kier molecular flexibility index (Phi) is 5.42. The summed E-state index contributed by atoms with van der Waals surface area (Å²) in [4.78, 5) is 4.14. The summed E-state index contributed by atoms with van der Waals surface area (Å²) in [6, 6.07) is 3.78. The molecule has 1 rings (SSSR count). The molecule has 17 heavy (non-hydrogen) atoms. The molecule has 2 unspecified atom stereocenters. The molecule has 3 heteroatoms. The molecular weight excluding hydrogens is 214 g/mol. The van der Waals surface area contributed by atoms with Gasteiger partial charge in [-0.15, -0.1) is 0 Å². The van der Waals surface area contributed by atoms with Crippen LogP contribution in [-0.4, -0.2) is 23.3 Å². The number of aliphatic hydroxyl groups is 1. The van der Waals surface area contributed by atoms with Crippen LogP contribution >= 0.6 is 0 Å².